The van der Waals surface area contributed by atoms with E-state index < -0.39 is 37.9 Å². The third-order valence-corrected chi connectivity index (χ3v) is 5.54. The predicted octanol–water partition coefficient (Wildman–Crippen LogP) is 3.88. The number of halogens is 3. The molecule has 1 amide bonds. The first-order valence-corrected chi connectivity index (χ1v) is 12.2. The molecule has 1 unspecified atom stereocenters. The van der Waals surface area contributed by atoms with Gasteiger partial charge in [-0.15, -0.1) is 0 Å². The molecule has 0 saturated heterocycles. The zero-order valence-corrected chi connectivity index (χ0v) is 22.4. The lowest BCUT2D eigenvalue weighted by Gasteiger charge is -2.26. The van der Waals surface area contributed by atoms with E-state index in [0.717, 1.165) is 5.56 Å². The van der Waals surface area contributed by atoms with Crippen LogP contribution in [0.4, 0.5) is 23.7 Å². The first kappa shape index (κ1) is 30.8. The topological polar surface area (TPSA) is 104 Å². The van der Waals surface area contributed by atoms with Crippen LogP contribution in [-0.4, -0.2) is 79.6 Å². The minimum absolute atomic E-state index is 0.0594. The van der Waals surface area contributed by atoms with Gasteiger partial charge < -0.3 is 23.8 Å². The van der Waals surface area contributed by atoms with Gasteiger partial charge in [0.2, 0.25) is 0 Å². The van der Waals surface area contributed by atoms with Crippen molar-refractivity contribution < 1.29 is 41.7 Å². The zero-order valence-electron chi connectivity index (χ0n) is 21.5. The number of hydrogen-bond acceptors (Lipinski definition) is 8. The number of esters is 1. The summed E-state index contributed by atoms with van der Waals surface area (Å²) in [5.74, 6) is -0.103. The van der Waals surface area contributed by atoms with Gasteiger partial charge in [-0.3, -0.25) is 10.00 Å². The molecule has 2 rings (SSSR count). The first-order chi connectivity index (χ1) is 18.2. The molecule has 0 saturated carbocycles. The lowest BCUT2D eigenvalue weighted by Crippen LogP contribution is -2.45. The number of alkyl carbamates (subject to hydrolysis) is 1. The standard InChI is InChI=1S/C24H31F3N4O6S/c1-5-35-22(32)19-20(15(3)31(29-19)14-16-7-9-17(34-4)10-8-16)30(23(38)28-24(33)36-6-2)11-12-37-18(13-25)21(26)27/h7-10,18,21H,5-6,11-14H2,1-4H3,(H,28,33,38). The Bertz CT molecular complexity index is 1080. The molecule has 0 aliphatic rings. The Morgan fingerprint density at radius 2 is 1.82 bits per heavy atom. The second-order valence-corrected chi connectivity index (χ2v) is 8.10. The highest BCUT2D eigenvalue weighted by Crippen LogP contribution is 2.27. The van der Waals surface area contributed by atoms with Crippen molar-refractivity contribution in [1.29, 1.82) is 0 Å². The van der Waals surface area contributed by atoms with Crippen molar-refractivity contribution in [3.8, 4) is 5.75 Å². The average molecular weight is 561 g/mol. The number of thiocarbonyl (C=S) groups is 1. The van der Waals surface area contributed by atoms with E-state index in [2.05, 4.69) is 10.4 Å². The number of nitrogens with one attached hydrogen (secondary N) is 1. The van der Waals surface area contributed by atoms with E-state index in [-0.39, 0.29) is 42.8 Å². The molecule has 0 aliphatic heterocycles. The van der Waals surface area contributed by atoms with Gasteiger partial charge in [-0.1, -0.05) is 12.1 Å². The van der Waals surface area contributed by atoms with Crippen molar-refractivity contribution in [1.82, 2.24) is 15.1 Å². The van der Waals surface area contributed by atoms with E-state index >= 15 is 0 Å². The van der Waals surface area contributed by atoms with E-state index in [4.69, 9.17) is 31.2 Å². The van der Waals surface area contributed by atoms with Crippen LogP contribution in [0.25, 0.3) is 0 Å². The van der Waals surface area contributed by atoms with Gasteiger partial charge in [0.1, 0.15) is 18.5 Å². The monoisotopic (exact) mass is 560 g/mol. The molecule has 38 heavy (non-hydrogen) atoms. The molecular formula is C24H31F3N4O6S. The summed E-state index contributed by atoms with van der Waals surface area (Å²) in [5.41, 5.74) is 1.33. The molecule has 0 fully saturated rings. The Hall–Kier alpha value is -3.39. The largest absolute Gasteiger partial charge is 0.497 e. The van der Waals surface area contributed by atoms with Gasteiger partial charge in [0.05, 0.1) is 44.9 Å². The summed E-state index contributed by atoms with van der Waals surface area (Å²) >= 11 is 5.38. The lowest BCUT2D eigenvalue weighted by molar-refractivity contribution is -0.0628. The Kier molecular flexibility index (Phi) is 12.3. The van der Waals surface area contributed by atoms with Crippen LogP contribution in [0.15, 0.2) is 24.3 Å². The first-order valence-electron chi connectivity index (χ1n) is 11.7. The fourth-order valence-electron chi connectivity index (χ4n) is 3.37. The molecule has 1 heterocycles. The summed E-state index contributed by atoms with van der Waals surface area (Å²) in [7, 11) is 1.55. The number of benzene rings is 1. The summed E-state index contributed by atoms with van der Waals surface area (Å²) in [5, 5.41) is 6.57. The minimum Gasteiger partial charge on any atom is -0.497 e. The van der Waals surface area contributed by atoms with E-state index in [9.17, 15) is 22.8 Å². The number of nitrogens with zero attached hydrogens (tertiary/aromatic N) is 3. The molecule has 10 nitrogen and oxygen atoms in total. The molecule has 0 bridgehead atoms. The van der Waals surface area contributed by atoms with Crippen LogP contribution in [0, 0.1) is 6.92 Å². The van der Waals surface area contributed by atoms with Crippen LogP contribution in [0.5, 0.6) is 5.75 Å². The van der Waals surface area contributed by atoms with Crippen LogP contribution in [0.1, 0.15) is 35.6 Å². The normalized spacial score (nSPS) is 11.7. The molecule has 14 heteroatoms. The maximum Gasteiger partial charge on any atom is 0.413 e. The van der Waals surface area contributed by atoms with Crippen molar-refractivity contribution in [3.05, 3.63) is 41.2 Å². The molecule has 210 valence electrons. The number of aromatic nitrogens is 2. The number of amides is 1. The fourth-order valence-corrected chi connectivity index (χ4v) is 3.64. The van der Waals surface area contributed by atoms with Crippen molar-refractivity contribution in [2.24, 2.45) is 0 Å². The molecule has 0 aliphatic carbocycles. The van der Waals surface area contributed by atoms with Gasteiger partial charge in [0.25, 0.3) is 6.43 Å². The average Bonchev–Trinajstić information content (AvgIpc) is 3.20. The smallest absolute Gasteiger partial charge is 0.413 e. The van der Waals surface area contributed by atoms with Gasteiger partial charge in [0.15, 0.2) is 10.8 Å². The Morgan fingerprint density at radius 1 is 1.16 bits per heavy atom. The number of ether oxygens (including phenoxy) is 4. The van der Waals surface area contributed by atoms with E-state index in [1.807, 2.05) is 12.1 Å². The molecule has 1 aromatic carbocycles. The predicted molar refractivity (Wildman–Crippen MR) is 137 cm³/mol. The minimum atomic E-state index is -3.04. The van der Waals surface area contributed by atoms with E-state index in [1.165, 1.54) is 9.58 Å². The maximum absolute atomic E-state index is 13.0. The summed E-state index contributed by atoms with van der Waals surface area (Å²) in [6, 6.07) is 7.19. The van der Waals surface area contributed by atoms with Crippen LogP contribution < -0.4 is 15.0 Å². The highest BCUT2D eigenvalue weighted by Gasteiger charge is 2.30. The third kappa shape index (κ3) is 8.31. The molecule has 0 radical (unpaired) electrons. The highest BCUT2D eigenvalue weighted by molar-refractivity contribution is 7.80. The van der Waals surface area contributed by atoms with Gasteiger partial charge in [-0.05, 0) is 50.7 Å². The van der Waals surface area contributed by atoms with E-state index in [1.54, 1.807) is 40.0 Å². The van der Waals surface area contributed by atoms with Crippen molar-refractivity contribution in [2.45, 2.75) is 39.8 Å². The quantitative estimate of drug-likeness (QED) is 0.289. The fraction of sp³-hybridized carbons (Fsp3) is 0.500. The van der Waals surface area contributed by atoms with Crippen molar-refractivity contribution in [2.75, 3.05) is 45.0 Å². The number of anilines is 1. The molecule has 1 N–H and O–H groups in total. The van der Waals surface area contributed by atoms with Gasteiger partial charge >= 0.3 is 12.1 Å². The summed E-state index contributed by atoms with van der Waals surface area (Å²) in [4.78, 5) is 26.2. The second-order valence-electron chi connectivity index (χ2n) is 7.71. The highest BCUT2D eigenvalue weighted by atomic mass is 32.1. The van der Waals surface area contributed by atoms with Gasteiger partial charge in [0, 0.05) is 6.54 Å². The summed E-state index contributed by atoms with van der Waals surface area (Å²) < 4.78 is 60.6. The molecule has 1 aromatic heterocycles. The van der Waals surface area contributed by atoms with E-state index in [0.29, 0.717) is 11.4 Å². The lowest BCUT2D eigenvalue weighted by atomic mass is 10.2. The zero-order chi connectivity index (χ0) is 28.2. The van der Waals surface area contributed by atoms with Crippen LogP contribution in [0.3, 0.4) is 0 Å². The number of hydrogen-bond donors (Lipinski definition) is 1. The third-order valence-electron chi connectivity index (χ3n) is 5.21. The molecule has 0 spiro atoms. The Balaban J connectivity index is 2.49. The maximum atomic E-state index is 13.0. The molecule has 1 atom stereocenters. The molecular weight excluding hydrogens is 529 g/mol. The summed E-state index contributed by atoms with van der Waals surface area (Å²) in [6.07, 6.45) is -5.84. The molecule has 2 aromatic rings. The second kappa shape index (κ2) is 15.1. The number of alkyl halides is 3. The van der Waals surface area contributed by atoms with Crippen LogP contribution >= 0.6 is 12.2 Å². The Labute approximate surface area is 224 Å². The Morgan fingerprint density at radius 3 is 2.37 bits per heavy atom. The van der Waals surface area contributed by atoms with Crippen molar-refractivity contribution >= 4 is 35.1 Å². The number of rotatable bonds is 13. The summed E-state index contributed by atoms with van der Waals surface area (Å²) in [6.45, 7) is 3.24. The number of carbonyl (C=O) groups excluding carboxylic acids is 2. The SMILES string of the molecule is CCOC(=O)NC(=S)N(CCOC(CF)C(F)F)c1c(C(=O)OCC)nn(Cc2ccc(OC)cc2)c1C. The van der Waals surface area contributed by atoms with Crippen LogP contribution in [0.2, 0.25) is 0 Å². The van der Waals surface area contributed by atoms with Gasteiger partial charge in [-0.2, -0.15) is 5.10 Å². The van der Waals surface area contributed by atoms with Gasteiger partial charge in [-0.25, -0.2) is 22.8 Å². The number of carbonyl (C=O) groups is 2. The van der Waals surface area contributed by atoms with Crippen molar-refractivity contribution in [3.63, 3.8) is 0 Å². The number of methoxy groups -OCH3 is 1. The van der Waals surface area contributed by atoms with Crippen LogP contribution in [-0.2, 0) is 20.8 Å².